The van der Waals surface area contributed by atoms with Crippen LogP contribution in [-0.2, 0) is 0 Å². The lowest BCUT2D eigenvalue weighted by Crippen LogP contribution is -2.52. The molecule has 0 amide bonds. The Hall–Kier alpha value is -2.63. The monoisotopic (exact) mass is 290 g/mol. The summed E-state index contributed by atoms with van der Waals surface area (Å²) in [5.41, 5.74) is -1.26. The summed E-state index contributed by atoms with van der Waals surface area (Å²) in [6, 6.07) is 5.63. The molecule has 110 valence electrons. The van der Waals surface area contributed by atoms with Crippen molar-refractivity contribution in [1.82, 2.24) is 9.71 Å². The van der Waals surface area contributed by atoms with E-state index in [1.54, 1.807) is 12.1 Å². The van der Waals surface area contributed by atoms with Gasteiger partial charge < -0.3 is 10.2 Å². The molecule has 0 unspecified atom stereocenters. The van der Waals surface area contributed by atoms with E-state index in [-0.39, 0.29) is 21.3 Å². The van der Waals surface area contributed by atoms with Crippen molar-refractivity contribution in [3.05, 3.63) is 67.1 Å². The molecule has 0 aliphatic heterocycles. The maximum atomic E-state index is 13.1. The van der Waals surface area contributed by atoms with Crippen LogP contribution in [0.1, 0.15) is 19.4 Å². The third-order valence-corrected chi connectivity index (χ3v) is 2.77. The van der Waals surface area contributed by atoms with Gasteiger partial charge in [-0.25, -0.2) is 4.39 Å². The number of aromatic nitrogens is 2. The fraction of sp³-hybridized carbons (Fsp3) is 0.200. The molecule has 0 bridgehead atoms. The Bertz CT molecular complexity index is 894. The molecule has 0 atom stereocenters. The number of aromatic amines is 1. The molecule has 0 spiro atoms. The molecular weight excluding hydrogens is 275 g/mol. The van der Waals surface area contributed by atoms with E-state index in [9.17, 15) is 19.2 Å². The third-order valence-electron chi connectivity index (χ3n) is 2.77. The Morgan fingerprint density at radius 1 is 1.24 bits per heavy atom. The number of halogens is 1. The number of benzene rings is 1. The molecule has 0 saturated heterocycles. The quantitative estimate of drug-likeness (QED) is 0.775. The lowest BCUT2D eigenvalue weighted by molar-refractivity contribution is 0.161. The van der Waals surface area contributed by atoms with Crippen LogP contribution in [0.15, 0.2) is 33.9 Å². The van der Waals surface area contributed by atoms with Crippen molar-refractivity contribution in [2.45, 2.75) is 13.8 Å². The van der Waals surface area contributed by atoms with E-state index < -0.39 is 16.9 Å². The zero-order valence-electron chi connectivity index (χ0n) is 11.6. The number of rotatable bonds is 2. The predicted molar refractivity (Wildman–Crippen MR) is 77.0 cm³/mol. The first-order valence-electron chi connectivity index (χ1n) is 6.42. The van der Waals surface area contributed by atoms with Gasteiger partial charge >= 0.3 is 11.1 Å². The smallest absolute Gasteiger partial charge is 0.310 e. The highest BCUT2D eigenvalue weighted by Gasteiger charge is 2.04. The summed E-state index contributed by atoms with van der Waals surface area (Å²) in [6.45, 7) is 3.71. The normalized spacial score (nSPS) is 13.1. The van der Waals surface area contributed by atoms with Crippen molar-refractivity contribution in [1.29, 1.82) is 0 Å². The van der Waals surface area contributed by atoms with Gasteiger partial charge in [-0.1, -0.05) is 32.1 Å². The van der Waals surface area contributed by atoms with Crippen LogP contribution in [0.5, 0.6) is 0 Å². The highest BCUT2D eigenvalue weighted by atomic mass is 19.1. The maximum Gasteiger partial charge on any atom is 0.310 e. The predicted octanol–water partition coefficient (Wildman–Crippen LogP) is 0.178. The number of nitrogens with zero attached hydrogens (tertiary/aromatic N) is 1. The molecule has 0 aliphatic rings. The second kappa shape index (κ2) is 5.78. The molecule has 0 saturated carbocycles. The molecule has 1 aromatic heterocycles. The lowest BCUT2D eigenvalue weighted by atomic mass is 10.2. The van der Waals surface area contributed by atoms with Gasteiger partial charge in [0.15, 0.2) is 0 Å². The van der Waals surface area contributed by atoms with E-state index in [0.29, 0.717) is 5.56 Å². The molecule has 5 nitrogen and oxygen atoms in total. The molecule has 21 heavy (non-hydrogen) atoms. The van der Waals surface area contributed by atoms with Gasteiger partial charge in [0.25, 0.3) is 0 Å². The SMILES string of the molecule is CC(C)/C=c1/[nH]/c(=C\c2cccc(F)c2)c(=O)n(O)c1=O. The van der Waals surface area contributed by atoms with E-state index in [1.165, 1.54) is 24.3 Å². The molecule has 0 aliphatic carbocycles. The molecule has 0 fully saturated rings. The van der Waals surface area contributed by atoms with Crippen molar-refractivity contribution in [3.8, 4) is 0 Å². The number of nitrogens with one attached hydrogen (secondary N) is 1. The van der Waals surface area contributed by atoms with Crippen LogP contribution in [0, 0.1) is 11.7 Å². The summed E-state index contributed by atoms with van der Waals surface area (Å²) in [4.78, 5) is 26.3. The van der Waals surface area contributed by atoms with Crippen LogP contribution >= 0.6 is 0 Å². The van der Waals surface area contributed by atoms with E-state index >= 15 is 0 Å². The molecule has 6 heteroatoms. The van der Waals surface area contributed by atoms with Gasteiger partial charge in [-0.3, -0.25) is 9.59 Å². The van der Waals surface area contributed by atoms with Gasteiger partial charge in [0.2, 0.25) is 0 Å². The van der Waals surface area contributed by atoms with Crippen molar-refractivity contribution in [2.75, 3.05) is 0 Å². The molecule has 1 aromatic carbocycles. The Morgan fingerprint density at radius 3 is 2.52 bits per heavy atom. The van der Waals surface area contributed by atoms with Crippen molar-refractivity contribution in [3.63, 3.8) is 0 Å². The minimum Gasteiger partial charge on any atom is -0.422 e. The third kappa shape index (κ3) is 3.28. The van der Waals surface area contributed by atoms with Crippen LogP contribution in [0.2, 0.25) is 0 Å². The van der Waals surface area contributed by atoms with Crippen molar-refractivity contribution >= 4 is 12.2 Å². The molecule has 0 radical (unpaired) electrons. The summed E-state index contributed by atoms with van der Waals surface area (Å²) in [7, 11) is 0. The summed E-state index contributed by atoms with van der Waals surface area (Å²) in [6.07, 6.45) is 2.96. The average Bonchev–Trinajstić information content (AvgIpc) is 2.41. The average molecular weight is 290 g/mol. The Morgan fingerprint density at radius 2 is 1.90 bits per heavy atom. The molecule has 1 heterocycles. The summed E-state index contributed by atoms with van der Waals surface area (Å²) in [5, 5.41) is 9.67. The van der Waals surface area contributed by atoms with Gasteiger partial charge in [-0.2, -0.15) is 0 Å². The minimum absolute atomic E-state index is 0.00500. The van der Waals surface area contributed by atoms with Gasteiger partial charge in [0, 0.05) is 0 Å². The van der Waals surface area contributed by atoms with Crippen LogP contribution in [0.3, 0.4) is 0 Å². The van der Waals surface area contributed by atoms with Crippen LogP contribution < -0.4 is 21.8 Å². The summed E-state index contributed by atoms with van der Waals surface area (Å²) >= 11 is 0. The largest absolute Gasteiger partial charge is 0.422 e. The first kappa shape index (κ1) is 14.8. The van der Waals surface area contributed by atoms with Gasteiger partial charge in [-0.05, 0) is 29.7 Å². The van der Waals surface area contributed by atoms with Crippen molar-refractivity contribution in [2.24, 2.45) is 5.92 Å². The number of H-pyrrole nitrogens is 1. The summed E-state index contributed by atoms with van der Waals surface area (Å²) in [5.74, 6) is -0.393. The molecule has 2 aromatic rings. The minimum atomic E-state index is -0.884. The van der Waals surface area contributed by atoms with Gasteiger partial charge in [-0.15, -0.1) is 4.73 Å². The molecule has 2 N–H and O–H groups in total. The second-order valence-corrected chi connectivity index (χ2v) is 4.98. The maximum absolute atomic E-state index is 13.1. The molecular formula is C15H15FN2O3. The molecule has 2 rings (SSSR count). The zero-order valence-corrected chi connectivity index (χ0v) is 11.6. The van der Waals surface area contributed by atoms with Crippen LogP contribution in [0.4, 0.5) is 4.39 Å². The highest BCUT2D eigenvalue weighted by molar-refractivity contribution is 5.47. The van der Waals surface area contributed by atoms with Gasteiger partial charge in [0.05, 0.1) is 0 Å². The summed E-state index contributed by atoms with van der Waals surface area (Å²) < 4.78 is 13.2. The Kier molecular flexibility index (Phi) is 4.07. The highest BCUT2D eigenvalue weighted by Crippen LogP contribution is 2.02. The van der Waals surface area contributed by atoms with E-state index in [4.69, 9.17) is 0 Å². The standard InChI is InChI=1S/C15H15FN2O3/c1-9(2)6-12-14(19)18(21)15(20)13(17-12)8-10-4-3-5-11(16)7-10/h3-9,17,21H,1-2H3/b12-6+,13-8-. The Balaban J connectivity index is 2.79. The van der Waals surface area contributed by atoms with Crippen molar-refractivity contribution < 1.29 is 9.60 Å². The van der Waals surface area contributed by atoms with Gasteiger partial charge in [0.1, 0.15) is 16.5 Å². The number of hydrogen-bond donors (Lipinski definition) is 2. The first-order chi connectivity index (χ1) is 9.88. The zero-order chi connectivity index (χ0) is 15.6. The van der Waals surface area contributed by atoms with E-state index in [1.807, 2.05) is 13.8 Å². The lowest BCUT2D eigenvalue weighted by Gasteiger charge is -1.99. The number of hydrogen-bond acceptors (Lipinski definition) is 3. The fourth-order valence-corrected chi connectivity index (χ4v) is 1.88. The first-order valence-corrected chi connectivity index (χ1v) is 6.42. The fourth-order valence-electron chi connectivity index (χ4n) is 1.88. The Labute approximate surface area is 119 Å². The van der Waals surface area contributed by atoms with E-state index in [0.717, 1.165) is 0 Å². The topological polar surface area (TPSA) is 75.1 Å². The van der Waals surface area contributed by atoms with E-state index in [2.05, 4.69) is 4.98 Å². The van der Waals surface area contributed by atoms with Crippen LogP contribution in [-0.4, -0.2) is 14.9 Å². The second-order valence-electron chi connectivity index (χ2n) is 4.98. The van der Waals surface area contributed by atoms with Crippen LogP contribution in [0.25, 0.3) is 12.2 Å².